The van der Waals surface area contributed by atoms with Gasteiger partial charge in [-0.15, -0.1) is 11.8 Å². The summed E-state index contributed by atoms with van der Waals surface area (Å²) in [4.78, 5) is 13.3. The molecule has 0 saturated heterocycles. The van der Waals surface area contributed by atoms with E-state index in [0.717, 1.165) is 26.9 Å². The molecule has 23 heavy (non-hydrogen) atoms. The minimum Gasteiger partial charge on any atom is -0.326 e. The van der Waals surface area contributed by atoms with E-state index >= 15 is 0 Å². The van der Waals surface area contributed by atoms with E-state index in [1.807, 2.05) is 42.5 Å². The van der Waals surface area contributed by atoms with Crippen molar-refractivity contribution in [3.8, 4) is 0 Å². The van der Waals surface area contributed by atoms with Crippen molar-refractivity contribution in [2.45, 2.75) is 37.5 Å². The van der Waals surface area contributed by atoms with Crippen LogP contribution in [0, 0.1) is 0 Å². The third-order valence-corrected chi connectivity index (χ3v) is 4.69. The normalized spacial score (nSPS) is 11.3. The van der Waals surface area contributed by atoms with Crippen molar-refractivity contribution in [1.82, 2.24) is 0 Å². The number of para-hydroxylation sites is 1. The molecule has 1 amide bonds. The van der Waals surface area contributed by atoms with Gasteiger partial charge in [-0.25, -0.2) is 0 Å². The van der Waals surface area contributed by atoms with Crippen LogP contribution in [-0.2, 0) is 10.2 Å². The van der Waals surface area contributed by atoms with Crippen LogP contribution in [0.25, 0.3) is 0 Å². The number of benzene rings is 2. The first-order valence-electron chi connectivity index (χ1n) is 7.64. The van der Waals surface area contributed by atoms with Gasteiger partial charge in [-0.2, -0.15) is 0 Å². The molecule has 0 heterocycles. The average Bonchev–Trinajstić information content (AvgIpc) is 2.49. The number of thioether (sulfide) groups is 1. The fourth-order valence-electron chi connectivity index (χ4n) is 2.25. The molecule has 0 saturated carbocycles. The Kier molecular flexibility index (Phi) is 6.14. The number of rotatable bonds is 5. The van der Waals surface area contributed by atoms with Gasteiger partial charge in [0.25, 0.3) is 0 Å². The molecule has 122 valence electrons. The van der Waals surface area contributed by atoms with Crippen LogP contribution in [0.4, 0.5) is 5.69 Å². The predicted molar refractivity (Wildman–Crippen MR) is 101 cm³/mol. The Balaban J connectivity index is 1.89. The maximum absolute atomic E-state index is 12.2. The molecule has 0 aliphatic carbocycles. The van der Waals surface area contributed by atoms with Crippen molar-refractivity contribution in [2.24, 2.45) is 0 Å². The fraction of sp³-hybridized carbons (Fsp3) is 0.316. The largest absolute Gasteiger partial charge is 0.326 e. The van der Waals surface area contributed by atoms with Crippen molar-refractivity contribution in [3.05, 3.63) is 59.1 Å². The summed E-state index contributed by atoms with van der Waals surface area (Å²) >= 11 is 7.52. The van der Waals surface area contributed by atoms with E-state index in [0.29, 0.717) is 6.42 Å². The molecule has 1 N–H and O–H groups in total. The maximum atomic E-state index is 12.2. The summed E-state index contributed by atoms with van der Waals surface area (Å²) in [6, 6.07) is 15.7. The molecule has 2 rings (SSSR count). The molecule has 0 aromatic heterocycles. The van der Waals surface area contributed by atoms with E-state index in [4.69, 9.17) is 11.6 Å². The van der Waals surface area contributed by atoms with E-state index < -0.39 is 0 Å². The van der Waals surface area contributed by atoms with E-state index in [1.165, 1.54) is 0 Å². The Morgan fingerprint density at radius 3 is 2.39 bits per heavy atom. The highest BCUT2D eigenvalue weighted by Crippen LogP contribution is 2.29. The second kappa shape index (κ2) is 7.89. The molecule has 0 radical (unpaired) electrons. The summed E-state index contributed by atoms with van der Waals surface area (Å²) in [7, 11) is 0. The predicted octanol–water partition coefficient (Wildman–Crippen LogP) is 5.76. The van der Waals surface area contributed by atoms with Crippen molar-refractivity contribution in [2.75, 3.05) is 11.1 Å². The lowest BCUT2D eigenvalue weighted by Crippen LogP contribution is -2.18. The number of carbonyl (C=O) groups excluding carboxylic acids is 1. The van der Waals surface area contributed by atoms with Crippen LogP contribution in [0.3, 0.4) is 0 Å². The van der Waals surface area contributed by atoms with Crippen LogP contribution in [0.5, 0.6) is 0 Å². The molecule has 2 aromatic carbocycles. The Hall–Kier alpha value is -1.45. The maximum Gasteiger partial charge on any atom is 0.225 e. The molecule has 0 atom stereocenters. The van der Waals surface area contributed by atoms with Crippen LogP contribution in [0.2, 0.25) is 5.02 Å². The third-order valence-electron chi connectivity index (χ3n) is 3.42. The van der Waals surface area contributed by atoms with E-state index in [-0.39, 0.29) is 11.3 Å². The zero-order valence-electron chi connectivity index (χ0n) is 13.7. The van der Waals surface area contributed by atoms with Gasteiger partial charge in [-0.1, -0.05) is 50.6 Å². The quantitative estimate of drug-likeness (QED) is 0.697. The van der Waals surface area contributed by atoms with Gasteiger partial charge < -0.3 is 5.32 Å². The molecule has 0 aliphatic rings. The first-order chi connectivity index (χ1) is 10.9. The third kappa shape index (κ3) is 5.60. The highest BCUT2D eigenvalue weighted by atomic mass is 35.5. The number of carbonyl (C=O) groups is 1. The highest BCUT2D eigenvalue weighted by Gasteiger charge is 2.18. The molecule has 2 nitrogen and oxygen atoms in total. The minimum absolute atomic E-state index is 0.00191. The standard InChI is InChI=1S/C19H22ClNOS/c1-19(2,3)16-6-4-5-7-17(16)21-18(22)12-13-23-15-10-8-14(20)9-11-15/h4-11H,12-13H2,1-3H3,(H,21,22). The number of anilines is 1. The SMILES string of the molecule is CC(C)(C)c1ccccc1NC(=O)CCSc1ccc(Cl)cc1. The zero-order chi connectivity index (χ0) is 16.9. The van der Waals surface area contributed by atoms with Gasteiger partial charge in [0.05, 0.1) is 0 Å². The van der Waals surface area contributed by atoms with E-state index in [2.05, 4.69) is 32.2 Å². The monoisotopic (exact) mass is 347 g/mol. The van der Waals surface area contributed by atoms with Crippen molar-refractivity contribution >= 4 is 35.0 Å². The lowest BCUT2D eigenvalue weighted by molar-refractivity contribution is -0.115. The van der Waals surface area contributed by atoms with Gasteiger partial charge in [0, 0.05) is 27.8 Å². The van der Waals surface area contributed by atoms with Crippen LogP contribution in [0.15, 0.2) is 53.4 Å². The van der Waals surface area contributed by atoms with Gasteiger partial charge in [-0.05, 0) is 41.3 Å². The Morgan fingerprint density at radius 1 is 1.09 bits per heavy atom. The van der Waals surface area contributed by atoms with E-state index in [1.54, 1.807) is 11.8 Å². The summed E-state index contributed by atoms with van der Waals surface area (Å²) in [6.45, 7) is 6.44. The fourth-order valence-corrected chi connectivity index (χ4v) is 3.23. The van der Waals surface area contributed by atoms with Gasteiger partial charge in [0.2, 0.25) is 5.91 Å². The molecule has 0 aliphatic heterocycles. The number of halogens is 1. The molecule has 0 fully saturated rings. The van der Waals surface area contributed by atoms with Crippen molar-refractivity contribution in [1.29, 1.82) is 0 Å². The molecule has 0 unspecified atom stereocenters. The first-order valence-corrected chi connectivity index (χ1v) is 9.00. The van der Waals surface area contributed by atoms with Crippen LogP contribution >= 0.6 is 23.4 Å². The Labute approximate surface area is 147 Å². The summed E-state index contributed by atoms with van der Waals surface area (Å²) in [5.74, 6) is 0.786. The molecule has 0 spiro atoms. The molecule has 4 heteroatoms. The summed E-state index contributed by atoms with van der Waals surface area (Å²) in [5.41, 5.74) is 2.06. The lowest BCUT2D eigenvalue weighted by Gasteiger charge is -2.23. The van der Waals surface area contributed by atoms with Gasteiger partial charge in [-0.3, -0.25) is 4.79 Å². The van der Waals surface area contributed by atoms with Gasteiger partial charge >= 0.3 is 0 Å². The zero-order valence-corrected chi connectivity index (χ0v) is 15.3. The second-order valence-electron chi connectivity index (χ2n) is 6.40. The number of hydrogen-bond donors (Lipinski definition) is 1. The highest BCUT2D eigenvalue weighted by molar-refractivity contribution is 7.99. The summed E-state index contributed by atoms with van der Waals surface area (Å²) in [6.07, 6.45) is 0.478. The molecular weight excluding hydrogens is 326 g/mol. The van der Waals surface area contributed by atoms with Crippen LogP contribution < -0.4 is 5.32 Å². The average molecular weight is 348 g/mol. The molecular formula is C19H22ClNOS. The number of nitrogens with one attached hydrogen (secondary N) is 1. The summed E-state index contributed by atoms with van der Waals surface area (Å²) in [5, 5.41) is 3.77. The Bertz CT molecular complexity index is 662. The molecule has 2 aromatic rings. The topological polar surface area (TPSA) is 29.1 Å². The van der Waals surface area contributed by atoms with E-state index in [9.17, 15) is 4.79 Å². The second-order valence-corrected chi connectivity index (χ2v) is 8.00. The van der Waals surface area contributed by atoms with Crippen molar-refractivity contribution in [3.63, 3.8) is 0 Å². The summed E-state index contributed by atoms with van der Waals surface area (Å²) < 4.78 is 0. The van der Waals surface area contributed by atoms with Crippen molar-refractivity contribution < 1.29 is 4.79 Å². The van der Waals surface area contributed by atoms with Gasteiger partial charge in [0.1, 0.15) is 0 Å². The van der Waals surface area contributed by atoms with Crippen LogP contribution in [0.1, 0.15) is 32.8 Å². The molecule has 0 bridgehead atoms. The smallest absolute Gasteiger partial charge is 0.225 e. The minimum atomic E-state index is 0.00191. The Morgan fingerprint density at radius 2 is 1.74 bits per heavy atom. The number of amides is 1. The number of hydrogen-bond acceptors (Lipinski definition) is 2. The van der Waals surface area contributed by atoms with Crippen LogP contribution in [-0.4, -0.2) is 11.7 Å². The van der Waals surface area contributed by atoms with Gasteiger partial charge in [0.15, 0.2) is 0 Å². The first kappa shape index (κ1) is 17.9. The lowest BCUT2D eigenvalue weighted by atomic mass is 9.86.